The van der Waals surface area contributed by atoms with E-state index in [0.717, 1.165) is 28.8 Å². The zero-order valence-electron chi connectivity index (χ0n) is 14.9. The van der Waals surface area contributed by atoms with Crippen LogP contribution in [0.15, 0.2) is 45.7 Å². The minimum Gasteiger partial charge on any atom is -0.480 e. The van der Waals surface area contributed by atoms with Gasteiger partial charge in [-0.15, -0.1) is 0 Å². The number of hydrogen-bond acceptors (Lipinski definition) is 5. The summed E-state index contributed by atoms with van der Waals surface area (Å²) in [6.45, 7) is 1.63. The summed E-state index contributed by atoms with van der Waals surface area (Å²) in [5, 5.41) is 9.27. The van der Waals surface area contributed by atoms with Crippen LogP contribution in [0.2, 0.25) is 0 Å². The van der Waals surface area contributed by atoms with E-state index in [4.69, 9.17) is 16.6 Å². The molecular formula is C19H14F3NO4S2. The van der Waals surface area contributed by atoms with Crippen LogP contribution in [-0.2, 0) is 15.8 Å². The maximum atomic E-state index is 12.9. The topological polar surface area (TPSA) is 70.8 Å². The van der Waals surface area contributed by atoms with Gasteiger partial charge in [-0.25, -0.2) is 4.79 Å². The van der Waals surface area contributed by atoms with Gasteiger partial charge in [-0.2, -0.15) is 13.2 Å². The second kappa shape index (κ2) is 8.03. The first kappa shape index (κ1) is 21.1. The number of carbonyl (C=O) groups excluding carboxylic acids is 1. The number of thiocarbonyl (C=S) groups is 1. The zero-order chi connectivity index (χ0) is 21.3. The van der Waals surface area contributed by atoms with Gasteiger partial charge in [-0.1, -0.05) is 43.0 Å². The van der Waals surface area contributed by atoms with E-state index in [2.05, 4.69) is 0 Å². The Bertz CT molecular complexity index is 1010. The Labute approximate surface area is 173 Å². The summed E-state index contributed by atoms with van der Waals surface area (Å²) in [6.07, 6.45) is -2.89. The highest BCUT2D eigenvalue weighted by Crippen LogP contribution is 2.36. The lowest BCUT2D eigenvalue weighted by atomic mass is 10.1. The van der Waals surface area contributed by atoms with E-state index in [1.165, 1.54) is 30.3 Å². The lowest BCUT2D eigenvalue weighted by Crippen LogP contribution is -2.43. The van der Waals surface area contributed by atoms with Crippen LogP contribution in [-0.4, -0.2) is 32.2 Å². The van der Waals surface area contributed by atoms with E-state index < -0.39 is 29.7 Å². The molecule has 0 saturated carbocycles. The Morgan fingerprint density at radius 2 is 2.07 bits per heavy atom. The molecule has 1 aromatic carbocycles. The predicted molar refractivity (Wildman–Crippen MR) is 106 cm³/mol. The Hall–Kier alpha value is -2.59. The number of hydrogen-bond donors (Lipinski definition) is 1. The molecule has 0 bridgehead atoms. The van der Waals surface area contributed by atoms with Crippen LogP contribution in [0.5, 0.6) is 0 Å². The highest BCUT2D eigenvalue weighted by molar-refractivity contribution is 8.26. The molecule has 152 valence electrons. The van der Waals surface area contributed by atoms with E-state index in [1.807, 2.05) is 0 Å². The number of rotatable bonds is 5. The quantitative estimate of drug-likeness (QED) is 0.518. The van der Waals surface area contributed by atoms with Crippen LogP contribution < -0.4 is 0 Å². The van der Waals surface area contributed by atoms with Crippen molar-refractivity contribution in [3.63, 3.8) is 0 Å². The maximum Gasteiger partial charge on any atom is 0.416 e. The summed E-state index contributed by atoms with van der Waals surface area (Å²) in [6, 6.07) is 6.64. The molecule has 10 heteroatoms. The van der Waals surface area contributed by atoms with Gasteiger partial charge in [0.05, 0.1) is 10.5 Å². The molecule has 1 atom stereocenters. The van der Waals surface area contributed by atoms with Crippen LogP contribution >= 0.6 is 24.0 Å². The van der Waals surface area contributed by atoms with Crippen LogP contribution in [0.1, 0.15) is 24.7 Å². The molecule has 2 heterocycles. The summed E-state index contributed by atoms with van der Waals surface area (Å²) in [5.74, 6) is -1.27. The van der Waals surface area contributed by atoms with Gasteiger partial charge < -0.3 is 9.52 Å². The average molecular weight is 441 g/mol. The molecular weight excluding hydrogens is 427 g/mol. The van der Waals surface area contributed by atoms with Gasteiger partial charge in [0.25, 0.3) is 5.91 Å². The van der Waals surface area contributed by atoms with Crippen LogP contribution in [0.4, 0.5) is 13.2 Å². The number of furan rings is 1. The normalized spacial score (nSPS) is 17.2. The molecule has 0 radical (unpaired) electrons. The van der Waals surface area contributed by atoms with Crippen molar-refractivity contribution in [3.8, 4) is 11.3 Å². The molecule has 1 amide bonds. The van der Waals surface area contributed by atoms with E-state index in [9.17, 15) is 27.9 Å². The number of nitrogens with zero attached hydrogens (tertiary/aromatic N) is 1. The molecule has 5 nitrogen and oxygen atoms in total. The van der Waals surface area contributed by atoms with Crippen LogP contribution in [0.25, 0.3) is 17.4 Å². The highest BCUT2D eigenvalue weighted by Gasteiger charge is 2.39. The number of carboxylic acids is 1. The summed E-state index contributed by atoms with van der Waals surface area (Å²) in [4.78, 5) is 25.2. The van der Waals surface area contributed by atoms with Crippen LogP contribution in [0.3, 0.4) is 0 Å². The van der Waals surface area contributed by atoms with E-state index in [-0.39, 0.29) is 32.7 Å². The zero-order valence-corrected chi connectivity index (χ0v) is 16.5. The molecule has 1 aromatic heterocycles. The third-order valence-electron chi connectivity index (χ3n) is 4.18. The first-order valence-corrected chi connectivity index (χ1v) is 9.61. The molecule has 29 heavy (non-hydrogen) atoms. The molecule has 1 aliphatic rings. The van der Waals surface area contributed by atoms with Crippen LogP contribution in [0, 0.1) is 0 Å². The van der Waals surface area contributed by atoms with Gasteiger partial charge in [-0.3, -0.25) is 9.69 Å². The largest absolute Gasteiger partial charge is 0.480 e. The molecule has 1 fully saturated rings. The maximum absolute atomic E-state index is 12.9. The second-order valence-electron chi connectivity index (χ2n) is 6.09. The van der Waals surface area contributed by atoms with Crippen molar-refractivity contribution >= 4 is 46.3 Å². The number of aliphatic carboxylic acids is 1. The molecule has 1 N–H and O–H groups in total. The number of halogens is 3. The van der Waals surface area contributed by atoms with Crippen molar-refractivity contribution in [2.75, 3.05) is 0 Å². The highest BCUT2D eigenvalue weighted by atomic mass is 32.2. The number of amides is 1. The Kier molecular flexibility index (Phi) is 5.85. The Morgan fingerprint density at radius 3 is 2.69 bits per heavy atom. The van der Waals surface area contributed by atoms with E-state index >= 15 is 0 Å². The number of carbonyl (C=O) groups is 2. The molecule has 0 aliphatic carbocycles. The first-order chi connectivity index (χ1) is 13.6. The smallest absolute Gasteiger partial charge is 0.416 e. The van der Waals surface area contributed by atoms with Gasteiger partial charge in [0.15, 0.2) is 0 Å². The third kappa shape index (κ3) is 4.38. The minimum absolute atomic E-state index is 0.125. The first-order valence-electron chi connectivity index (χ1n) is 8.39. The fourth-order valence-corrected chi connectivity index (χ4v) is 4.12. The van der Waals surface area contributed by atoms with E-state index in [1.54, 1.807) is 6.92 Å². The Morgan fingerprint density at radius 1 is 1.34 bits per heavy atom. The number of thioether (sulfide) groups is 1. The summed E-state index contributed by atoms with van der Waals surface area (Å²) >= 11 is 6.08. The van der Waals surface area contributed by atoms with Crippen molar-refractivity contribution in [3.05, 3.63) is 52.6 Å². The average Bonchev–Trinajstić information content (AvgIpc) is 3.22. The van der Waals surface area contributed by atoms with Gasteiger partial charge in [0.2, 0.25) is 0 Å². The standard InChI is InChI=1S/C19H14F3NO4S2/c1-2-13(17(25)26)23-16(24)15(29-18(23)28)9-12-6-7-14(27-12)10-4-3-5-11(8-10)19(20,21)22/h3-9,13H,2H2,1H3,(H,25,26)/b15-9-/t13-/m1/s1. The predicted octanol–water partition coefficient (Wildman–Crippen LogP) is 5.03. The fraction of sp³-hybridized carbons (Fsp3) is 0.211. The summed E-state index contributed by atoms with van der Waals surface area (Å²) in [7, 11) is 0. The lowest BCUT2D eigenvalue weighted by Gasteiger charge is -2.21. The number of carboxylic acid groups (broad SMARTS) is 1. The number of alkyl halides is 3. The monoisotopic (exact) mass is 441 g/mol. The fourth-order valence-electron chi connectivity index (χ4n) is 2.78. The molecule has 2 aromatic rings. The molecule has 1 aliphatic heterocycles. The summed E-state index contributed by atoms with van der Waals surface area (Å²) < 4.78 is 44.4. The number of benzene rings is 1. The van der Waals surface area contributed by atoms with Gasteiger partial charge in [0, 0.05) is 11.6 Å². The van der Waals surface area contributed by atoms with Crippen molar-refractivity contribution in [1.29, 1.82) is 0 Å². The lowest BCUT2D eigenvalue weighted by molar-refractivity contribution is -0.145. The molecule has 3 rings (SSSR count). The van der Waals surface area contributed by atoms with Gasteiger partial charge >= 0.3 is 12.1 Å². The molecule has 0 unspecified atom stereocenters. The van der Waals surface area contributed by atoms with Crippen molar-refractivity contribution in [1.82, 2.24) is 4.90 Å². The summed E-state index contributed by atoms with van der Waals surface area (Å²) in [5.41, 5.74) is -0.558. The minimum atomic E-state index is -4.47. The third-order valence-corrected chi connectivity index (χ3v) is 5.51. The van der Waals surface area contributed by atoms with Crippen molar-refractivity contribution in [2.45, 2.75) is 25.6 Å². The van der Waals surface area contributed by atoms with Crippen molar-refractivity contribution < 1.29 is 32.3 Å². The van der Waals surface area contributed by atoms with E-state index in [0.29, 0.717) is 0 Å². The van der Waals surface area contributed by atoms with Crippen molar-refractivity contribution in [2.24, 2.45) is 0 Å². The SMILES string of the molecule is CC[C@H](C(=O)O)N1C(=O)/C(=C/c2ccc(-c3cccc(C(F)(F)F)c3)o2)SC1=S. The molecule has 0 spiro atoms. The van der Waals surface area contributed by atoms with Gasteiger partial charge in [-0.05, 0) is 30.7 Å². The van der Waals surface area contributed by atoms with Gasteiger partial charge in [0.1, 0.15) is 21.9 Å². The Balaban J connectivity index is 1.87. The second-order valence-corrected chi connectivity index (χ2v) is 7.77. The molecule has 1 saturated heterocycles.